The maximum absolute atomic E-state index is 13.3. The third-order valence-corrected chi connectivity index (χ3v) is 14.4. The van der Waals surface area contributed by atoms with Crippen LogP contribution in [-0.4, -0.2) is 193 Å². The van der Waals surface area contributed by atoms with Crippen molar-refractivity contribution < 1.29 is 89.4 Å². The molecule has 17 unspecified atom stereocenters. The summed E-state index contributed by atoms with van der Waals surface area (Å²) >= 11 is 0. The van der Waals surface area contributed by atoms with E-state index in [1.54, 1.807) is 6.08 Å². The molecule has 3 saturated heterocycles. The van der Waals surface area contributed by atoms with Crippen LogP contribution >= 0.6 is 0 Å². The lowest BCUT2D eigenvalue weighted by atomic mass is 9.96. The summed E-state index contributed by atoms with van der Waals surface area (Å²) in [4.78, 5) is 13.3. The standard InChI is InChI=1S/C56H101NO18/c1-3-5-7-9-11-13-15-17-18-19-20-21-22-24-26-28-30-32-34-44(62)57-39(40(61)33-31-29-27-25-23-16-14-12-10-8-6-4-2)38-70-54-50(68)47(65)52(42(36-59)72-54)75-56-51(69)48(66)53(43(37-60)73-56)74-55-49(67)46(64)45(63)41(35-58)71-55/h10,12,23,25,31,33,39-43,45-56,58-61,63-69H,3-9,11,13-22,24,26-30,32,34-38H2,1-2H3,(H,57,62)/b12-10+,25-23+,33-31+. The molecule has 0 spiro atoms. The van der Waals surface area contributed by atoms with Crippen molar-refractivity contribution >= 4 is 5.91 Å². The molecule has 3 aliphatic heterocycles. The van der Waals surface area contributed by atoms with Gasteiger partial charge in [0.1, 0.15) is 73.2 Å². The predicted molar refractivity (Wildman–Crippen MR) is 282 cm³/mol. The smallest absolute Gasteiger partial charge is 0.220 e. The Hall–Kier alpha value is -1.99. The van der Waals surface area contributed by atoms with Gasteiger partial charge < -0.3 is 89.9 Å². The molecular weight excluding hydrogens is 975 g/mol. The molecule has 3 rings (SSSR count). The van der Waals surface area contributed by atoms with E-state index in [1.165, 1.54) is 103 Å². The van der Waals surface area contributed by atoms with Crippen molar-refractivity contribution in [3.63, 3.8) is 0 Å². The fourth-order valence-electron chi connectivity index (χ4n) is 9.62. The Kier molecular flexibility index (Phi) is 36.1. The molecule has 0 saturated carbocycles. The average Bonchev–Trinajstić information content (AvgIpc) is 3.41. The van der Waals surface area contributed by atoms with E-state index in [4.69, 9.17) is 28.4 Å². The monoisotopic (exact) mass is 1080 g/mol. The van der Waals surface area contributed by atoms with E-state index in [0.29, 0.717) is 12.8 Å². The zero-order valence-corrected chi connectivity index (χ0v) is 45.3. The minimum Gasteiger partial charge on any atom is -0.394 e. The van der Waals surface area contributed by atoms with Gasteiger partial charge in [0, 0.05) is 6.42 Å². The number of carbonyl (C=O) groups excluding carboxylic acids is 1. The lowest BCUT2D eigenvalue weighted by Crippen LogP contribution is -2.66. The van der Waals surface area contributed by atoms with Gasteiger partial charge in [-0.25, -0.2) is 0 Å². The van der Waals surface area contributed by atoms with Crippen LogP contribution in [0.25, 0.3) is 0 Å². The maximum atomic E-state index is 13.3. The Labute approximate surface area is 447 Å². The SMILES string of the molecule is CCCC/C=C/CC/C=C/CC/C=C/C(O)C(COC1OC(CO)C(OC2OC(CO)C(OC3OC(CO)C(O)C(O)C3O)C(O)C2O)C(O)C1O)NC(=O)CCCCCCCCCCCCCCCCCCCC. The van der Waals surface area contributed by atoms with Gasteiger partial charge in [0.2, 0.25) is 5.91 Å². The summed E-state index contributed by atoms with van der Waals surface area (Å²) in [6, 6.07) is -0.991. The third-order valence-electron chi connectivity index (χ3n) is 14.4. The summed E-state index contributed by atoms with van der Waals surface area (Å²) in [5, 5.41) is 120. The molecule has 0 bridgehead atoms. The van der Waals surface area contributed by atoms with Gasteiger partial charge in [0.05, 0.1) is 38.6 Å². The van der Waals surface area contributed by atoms with Crippen molar-refractivity contribution in [3.8, 4) is 0 Å². The topological polar surface area (TPSA) is 307 Å². The number of carbonyl (C=O) groups is 1. The molecule has 12 N–H and O–H groups in total. The Morgan fingerprint density at radius 3 is 1.32 bits per heavy atom. The summed E-state index contributed by atoms with van der Waals surface area (Å²) in [5.74, 6) is -0.290. The maximum Gasteiger partial charge on any atom is 0.220 e. The molecule has 17 atom stereocenters. The van der Waals surface area contributed by atoms with E-state index in [1.807, 2.05) is 6.08 Å². The summed E-state index contributed by atoms with van der Waals surface area (Å²) in [7, 11) is 0. The molecule has 75 heavy (non-hydrogen) atoms. The molecule has 1 amide bonds. The molecule has 0 aromatic heterocycles. The number of nitrogens with one attached hydrogen (secondary N) is 1. The first-order chi connectivity index (χ1) is 36.3. The van der Waals surface area contributed by atoms with Crippen LogP contribution in [0.2, 0.25) is 0 Å². The molecule has 438 valence electrons. The molecule has 19 heteroatoms. The fraction of sp³-hybridized carbons (Fsp3) is 0.875. The van der Waals surface area contributed by atoms with Crippen molar-refractivity contribution in [1.29, 1.82) is 0 Å². The van der Waals surface area contributed by atoms with Crippen molar-refractivity contribution in [2.24, 2.45) is 0 Å². The number of ether oxygens (including phenoxy) is 6. The second kappa shape index (κ2) is 40.2. The van der Waals surface area contributed by atoms with Gasteiger partial charge in [-0.3, -0.25) is 4.79 Å². The lowest BCUT2D eigenvalue weighted by molar-refractivity contribution is -0.379. The largest absolute Gasteiger partial charge is 0.394 e. The van der Waals surface area contributed by atoms with Gasteiger partial charge in [-0.05, 0) is 38.5 Å². The fourth-order valence-corrected chi connectivity index (χ4v) is 9.62. The van der Waals surface area contributed by atoms with E-state index in [0.717, 1.165) is 44.9 Å². The van der Waals surface area contributed by atoms with Crippen molar-refractivity contribution in [2.45, 2.75) is 285 Å². The molecule has 0 aliphatic carbocycles. The van der Waals surface area contributed by atoms with Crippen molar-refractivity contribution in [3.05, 3.63) is 36.5 Å². The quantitative estimate of drug-likeness (QED) is 0.0302. The number of allylic oxidation sites excluding steroid dienone is 5. The summed E-state index contributed by atoms with van der Waals surface area (Å²) in [6.07, 6.45) is 14.3. The van der Waals surface area contributed by atoms with Crippen molar-refractivity contribution in [2.75, 3.05) is 26.4 Å². The Balaban J connectivity index is 1.52. The normalized spacial score (nSPS) is 31.5. The second-order valence-corrected chi connectivity index (χ2v) is 20.7. The highest BCUT2D eigenvalue weighted by Gasteiger charge is 2.53. The second-order valence-electron chi connectivity index (χ2n) is 20.7. The summed E-state index contributed by atoms with van der Waals surface area (Å²) in [6.45, 7) is 1.63. The minimum atomic E-state index is -1.98. The zero-order valence-electron chi connectivity index (χ0n) is 45.3. The van der Waals surface area contributed by atoms with Crippen molar-refractivity contribution in [1.82, 2.24) is 5.32 Å². The van der Waals surface area contributed by atoms with Crippen LogP contribution in [0.15, 0.2) is 36.5 Å². The summed E-state index contributed by atoms with van der Waals surface area (Å²) in [5.41, 5.74) is 0. The molecule has 3 heterocycles. The van der Waals surface area contributed by atoms with Crippen LogP contribution in [0.1, 0.15) is 181 Å². The molecule has 3 aliphatic rings. The van der Waals surface area contributed by atoms with Crippen LogP contribution in [-0.2, 0) is 33.2 Å². The summed E-state index contributed by atoms with van der Waals surface area (Å²) < 4.78 is 34.1. The minimum absolute atomic E-state index is 0.235. The molecule has 0 aromatic rings. The molecule has 0 aromatic carbocycles. The van der Waals surface area contributed by atoms with Crippen LogP contribution in [0.4, 0.5) is 0 Å². The third kappa shape index (κ3) is 24.9. The number of hydrogen-bond acceptors (Lipinski definition) is 18. The van der Waals surface area contributed by atoms with Gasteiger partial charge in [-0.15, -0.1) is 0 Å². The highest BCUT2D eigenvalue weighted by Crippen LogP contribution is 2.33. The molecular formula is C56H101NO18. The first-order valence-electron chi connectivity index (χ1n) is 28.7. The van der Waals surface area contributed by atoms with E-state index in [9.17, 15) is 61.0 Å². The van der Waals surface area contributed by atoms with Gasteiger partial charge >= 0.3 is 0 Å². The molecule has 19 nitrogen and oxygen atoms in total. The van der Waals surface area contributed by atoms with E-state index >= 15 is 0 Å². The number of unbranched alkanes of at least 4 members (excludes halogenated alkanes) is 21. The molecule has 3 fully saturated rings. The Morgan fingerprint density at radius 2 is 0.853 bits per heavy atom. The highest BCUT2D eigenvalue weighted by atomic mass is 16.8. The zero-order chi connectivity index (χ0) is 54.8. The van der Waals surface area contributed by atoms with Gasteiger partial charge in [-0.2, -0.15) is 0 Å². The number of rotatable bonds is 41. The highest BCUT2D eigenvalue weighted by molar-refractivity contribution is 5.76. The van der Waals surface area contributed by atoms with Gasteiger partial charge in [0.15, 0.2) is 18.9 Å². The number of aliphatic hydroxyl groups is 11. The first kappa shape index (κ1) is 67.3. The Bertz CT molecular complexity index is 1520. The van der Waals surface area contributed by atoms with Crippen LogP contribution in [0.5, 0.6) is 0 Å². The predicted octanol–water partition coefficient (Wildman–Crippen LogP) is 4.15. The average molecular weight is 1080 g/mol. The van der Waals surface area contributed by atoms with Gasteiger partial charge in [-0.1, -0.05) is 172 Å². The number of hydrogen-bond donors (Lipinski definition) is 12. The van der Waals surface area contributed by atoms with Crippen LogP contribution in [0.3, 0.4) is 0 Å². The van der Waals surface area contributed by atoms with E-state index in [2.05, 4.69) is 43.5 Å². The van der Waals surface area contributed by atoms with E-state index < -0.39 is 124 Å². The number of aliphatic hydroxyl groups excluding tert-OH is 11. The number of amides is 1. The Morgan fingerprint density at radius 1 is 0.467 bits per heavy atom. The van der Waals surface area contributed by atoms with E-state index in [-0.39, 0.29) is 18.9 Å². The molecule has 0 radical (unpaired) electrons. The van der Waals surface area contributed by atoms with Crippen LogP contribution in [0, 0.1) is 0 Å². The first-order valence-corrected chi connectivity index (χ1v) is 28.7. The lowest BCUT2D eigenvalue weighted by Gasteiger charge is -2.48. The van der Waals surface area contributed by atoms with Crippen LogP contribution < -0.4 is 5.32 Å². The van der Waals surface area contributed by atoms with Gasteiger partial charge in [0.25, 0.3) is 0 Å².